The third kappa shape index (κ3) is 4.12. The number of aryl methyl sites for hydroxylation is 2. The summed E-state index contributed by atoms with van der Waals surface area (Å²) in [4.78, 5) is 24.7. The molecule has 0 aromatic carbocycles. The molecule has 0 unspecified atom stereocenters. The molecule has 1 aromatic rings. The van der Waals surface area contributed by atoms with Crippen LogP contribution in [-0.2, 0) is 16.0 Å². The fourth-order valence-electron chi connectivity index (χ4n) is 3.26. The summed E-state index contributed by atoms with van der Waals surface area (Å²) < 4.78 is 10.2. The lowest BCUT2D eigenvalue weighted by Gasteiger charge is -2.24. The molecule has 1 aromatic heterocycles. The minimum Gasteiger partial charge on any atom is -0.469 e. The molecule has 2 rings (SSSR count). The Kier molecular flexibility index (Phi) is 6.19. The van der Waals surface area contributed by atoms with Crippen molar-refractivity contribution in [2.24, 2.45) is 5.92 Å². The Morgan fingerprint density at radius 3 is 2.74 bits per heavy atom. The third-order valence-corrected chi connectivity index (χ3v) is 4.47. The zero-order valence-corrected chi connectivity index (χ0v) is 14.2. The molecule has 6 heteroatoms. The smallest absolute Gasteiger partial charge is 0.310 e. The Labute approximate surface area is 136 Å². The normalized spacial score (nSPS) is 21.5. The van der Waals surface area contributed by atoms with E-state index in [0.717, 1.165) is 38.5 Å². The van der Waals surface area contributed by atoms with Gasteiger partial charge in [0.2, 0.25) is 0 Å². The molecule has 1 fully saturated rings. The van der Waals surface area contributed by atoms with Gasteiger partial charge in [0.25, 0.3) is 5.91 Å². The van der Waals surface area contributed by atoms with Crippen LogP contribution in [0.2, 0.25) is 0 Å². The SMILES string of the molecule is CCCc1onc(C)c1C(=O)N[C@@H]1CCCCC[C@@H]1C(=O)OC. The second kappa shape index (κ2) is 8.13. The molecule has 0 bridgehead atoms. The van der Waals surface area contributed by atoms with Crippen LogP contribution >= 0.6 is 0 Å². The van der Waals surface area contributed by atoms with Crippen LogP contribution in [0.1, 0.15) is 67.3 Å². The van der Waals surface area contributed by atoms with Crippen LogP contribution in [-0.4, -0.2) is 30.2 Å². The van der Waals surface area contributed by atoms with Crippen LogP contribution in [0.15, 0.2) is 4.52 Å². The molecule has 1 aliphatic carbocycles. The van der Waals surface area contributed by atoms with Crippen LogP contribution < -0.4 is 5.32 Å². The number of nitrogens with one attached hydrogen (secondary N) is 1. The summed E-state index contributed by atoms with van der Waals surface area (Å²) in [5, 5.41) is 6.94. The summed E-state index contributed by atoms with van der Waals surface area (Å²) in [6.07, 6.45) is 6.16. The summed E-state index contributed by atoms with van der Waals surface area (Å²) in [7, 11) is 1.40. The van der Waals surface area contributed by atoms with Crippen molar-refractivity contribution >= 4 is 11.9 Å². The first-order valence-electron chi connectivity index (χ1n) is 8.42. The Hall–Kier alpha value is -1.85. The van der Waals surface area contributed by atoms with Gasteiger partial charge in [-0.1, -0.05) is 31.3 Å². The average molecular weight is 322 g/mol. The molecular weight excluding hydrogens is 296 g/mol. The molecule has 23 heavy (non-hydrogen) atoms. The van der Waals surface area contributed by atoms with Gasteiger partial charge in [-0.2, -0.15) is 0 Å². The molecule has 1 saturated carbocycles. The summed E-state index contributed by atoms with van der Waals surface area (Å²) in [6.45, 7) is 3.79. The number of nitrogens with zero attached hydrogens (tertiary/aromatic N) is 1. The molecule has 1 amide bonds. The van der Waals surface area contributed by atoms with Gasteiger partial charge in [0.15, 0.2) is 0 Å². The first kappa shape index (κ1) is 17.5. The Bertz CT molecular complexity index is 553. The van der Waals surface area contributed by atoms with Crippen LogP contribution in [0.4, 0.5) is 0 Å². The van der Waals surface area contributed by atoms with E-state index >= 15 is 0 Å². The molecule has 0 radical (unpaired) electrons. The molecule has 1 heterocycles. The van der Waals surface area contributed by atoms with E-state index in [1.165, 1.54) is 7.11 Å². The van der Waals surface area contributed by atoms with E-state index in [-0.39, 0.29) is 23.8 Å². The van der Waals surface area contributed by atoms with Gasteiger partial charge < -0.3 is 14.6 Å². The van der Waals surface area contributed by atoms with Gasteiger partial charge in [-0.15, -0.1) is 0 Å². The van der Waals surface area contributed by atoms with E-state index in [1.54, 1.807) is 6.92 Å². The van der Waals surface area contributed by atoms with Gasteiger partial charge in [0.05, 0.1) is 18.7 Å². The van der Waals surface area contributed by atoms with Crippen molar-refractivity contribution in [3.8, 4) is 0 Å². The van der Waals surface area contributed by atoms with Crippen molar-refractivity contribution in [2.45, 2.75) is 64.8 Å². The van der Waals surface area contributed by atoms with Gasteiger partial charge in [0, 0.05) is 12.5 Å². The quantitative estimate of drug-likeness (QED) is 0.666. The number of hydrogen-bond donors (Lipinski definition) is 1. The lowest BCUT2D eigenvalue weighted by Crippen LogP contribution is -2.43. The number of amides is 1. The molecule has 0 aliphatic heterocycles. The summed E-state index contributed by atoms with van der Waals surface area (Å²) in [5.74, 6) is -0.104. The summed E-state index contributed by atoms with van der Waals surface area (Å²) in [6, 6.07) is -0.193. The summed E-state index contributed by atoms with van der Waals surface area (Å²) >= 11 is 0. The fraction of sp³-hybridized carbons (Fsp3) is 0.706. The number of methoxy groups -OCH3 is 1. The lowest BCUT2D eigenvalue weighted by molar-refractivity contribution is -0.146. The number of aromatic nitrogens is 1. The van der Waals surface area contributed by atoms with Crippen LogP contribution in [0, 0.1) is 12.8 Å². The van der Waals surface area contributed by atoms with Crippen molar-refractivity contribution in [3.63, 3.8) is 0 Å². The van der Waals surface area contributed by atoms with E-state index in [0.29, 0.717) is 23.4 Å². The number of ether oxygens (including phenoxy) is 1. The zero-order valence-electron chi connectivity index (χ0n) is 14.2. The first-order chi connectivity index (χ1) is 11.1. The highest BCUT2D eigenvalue weighted by atomic mass is 16.5. The van der Waals surface area contributed by atoms with E-state index in [4.69, 9.17) is 9.26 Å². The number of esters is 1. The largest absolute Gasteiger partial charge is 0.469 e. The van der Waals surface area contributed by atoms with Crippen molar-refractivity contribution in [3.05, 3.63) is 17.0 Å². The highest BCUT2D eigenvalue weighted by Gasteiger charge is 2.33. The molecule has 1 N–H and O–H groups in total. The van der Waals surface area contributed by atoms with Gasteiger partial charge in [0.1, 0.15) is 11.3 Å². The van der Waals surface area contributed by atoms with Crippen molar-refractivity contribution in [2.75, 3.05) is 7.11 Å². The number of carbonyl (C=O) groups is 2. The van der Waals surface area contributed by atoms with E-state index < -0.39 is 0 Å². The van der Waals surface area contributed by atoms with Crippen molar-refractivity contribution in [1.82, 2.24) is 10.5 Å². The summed E-state index contributed by atoms with van der Waals surface area (Å²) in [5.41, 5.74) is 1.11. The Morgan fingerprint density at radius 1 is 1.30 bits per heavy atom. The van der Waals surface area contributed by atoms with Crippen molar-refractivity contribution in [1.29, 1.82) is 0 Å². The van der Waals surface area contributed by atoms with Crippen LogP contribution in [0.5, 0.6) is 0 Å². The van der Waals surface area contributed by atoms with E-state index in [2.05, 4.69) is 10.5 Å². The lowest BCUT2D eigenvalue weighted by atomic mass is 9.94. The van der Waals surface area contributed by atoms with Crippen molar-refractivity contribution < 1.29 is 18.8 Å². The maximum absolute atomic E-state index is 12.7. The minimum absolute atomic E-state index is 0.193. The maximum atomic E-state index is 12.7. The fourth-order valence-corrected chi connectivity index (χ4v) is 3.26. The monoisotopic (exact) mass is 322 g/mol. The van der Waals surface area contributed by atoms with Gasteiger partial charge >= 0.3 is 5.97 Å². The first-order valence-corrected chi connectivity index (χ1v) is 8.42. The van der Waals surface area contributed by atoms with E-state index in [1.807, 2.05) is 6.92 Å². The third-order valence-electron chi connectivity index (χ3n) is 4.47. The Balaban J connectivity index is 2.16. The number of hydrogen-bond acceptors (Lipinski definition) is 5. The highest BCUT2D eigenvalue weighted by molar-refractivity contribution is 5.96. The number of carbonyl (C=O) groups excluding carboxylic acids is 2. The van der Waals surface area contributed by atoms with Gasteiger partial charge in [-0.25, -0.2) is 0 Å². The zero-order chi connectivity index (χ0) is 16.8. The predicted octanol–water partition coefficient (Wildman–Crippen LogP) is 2.79. The second-order valence-corrected chi connectivity index (χ2v) is 6.16. The topological polar surface area (TPSA) is 81.4 Å². The molecule has 0 spiro atoms. The molecule has 0 saturated heterocycles. The van der Waals surface area contributed by atoms with Gasteiger partial charge in [-0.05, 0) is 26.2 Å². The molecule has 128 valence electrons. The number of rotatable bonds is 5. The molecule has 6 nitrogen and oxygen atoms in total. The highest BCUT2D eigenvalue weighted by Crippen LogP contribution is 2.25. The van der Waals surface area contributed by atoms with Gasteiger partial charge in [-0.3, -0.25) is 9.59 Å². The predicted molar refractivity (Wildman–Crippen MR) is 85.1 cm³/mol. The Morgan fingerprint density at radius 2 is 2.04 bits per heavy atom. The molecule has 1 aliphatic rings. The molecule has 2 atom stereocenters. The average Bonchev–Trinajstić information content (AvgIpc) is 2.75. The molecular formula is C17H26N2O4. The second-order valence-electron chi connectivity index (χ2n) is 6.16. The standard InChI is InChI=1S/C17H26N2O4/c1-4-8-14-15(11(2)19-23-14)16(20)18-13-10-7-5-6-9-12(13)17(21)22-3/h12-13H,4-10H2,1-3H3,(H,18,20)/t12-,13+/m0/s1. The van der Waals surface area contributed by atoms with E-state index in [9.17, 15) is 9.59 Å². The van der Waals surface area contributed by atoms with Crippen LogP contribution in [0.3, 0.4) is 0 Å². The van der Waals surface area contributed by atoms with Crippen LogP contribution in [0.25, 0.3) is 0 Å². The minimum atomic E-state index is -0.277. The maximum Gasteiger partial charge on any atom is 0.310 e.